The first-order chi connectivity index (χ1) is 11.7. The highest BCUT2D eigenvalue weighted by Gasteiger charge is 2.22. The Labute approximate surface area is 155 Å². The molecule has 2 rings (SSSR count). The van der Waals surface area contributed by atoms with Gasteiger partial charge in [0, 0.05) is 42.7 Å². The third kappa shape index (κ3) is 4.84. The summed E-state index contributed by atoms with van der Waals surface area (Å²) in [5.74, 6) is 0.844. The van der Waals surface area contributed by atoms with E-state index in [1.807, 2.05) is 18.8 Å². The molecular weight excluding hydrogens is 330 g/mol. The number of hydrogen-bond donors (Lipinski definition) is 2. The van der Waals surface area contributed by atoms with Crippen LogP contribution in [0.15, 0.2) is 22.5 Å². The van der Waals surface area contributed by atoms with Gasteiger partial charge in [0.2, 0.25) is 0 Å². The molecule has 0 bridgehead atoms. The normalized spacial score (nSPS) is 13.8. The zero-order chi connectivity index (χ0) is 18.6. The van der Waals surface area contributed by atoms with Crippen LogP contribution in [0, 0.1) is 13.8 Å². The minimum absolute atomic E-state index is 0.0750. The van der Waals surface area contributed by atoms with Crippen molar-refractivity contribution < 1.29 is 0 Å². The van der Waals surface area contributed by atoms with Crippen molar-refractivity contribution in [2.24, 2.45) is 12.0 Å². The summed E-state index contributed by atoms with van der Waals surface area (Å²) >= 11 is 1.80. The minimum Gasteiger partial charge on any atom is -0.356 e. The molecule has 0 radical (unpaired) electrons. The number of thiophene rings is 1. The molecular formula is C19H31N5S. The van der Waals surface area contributed by atoms with Gasteiger partial charge in [-0.25, -0.2) is 0 Å². The molecule has 0 fully saturated rings. The lowest BCUT2D eigenvalue weighted by molar-refractivity contribution is 0.513. The van der Waals surface area contributed by atoms with Gasteiger partial charge in [0.25, 0.3) is 0 Å². The van der Waals surface area contributed by atoms with Crippen molar-refractivity contribution >= 4 is 17.3 Å². The summed E-state index contributed by atoms with van der Waals surface area (Å²) in [6.07, 6.45) is 0.931. The highest BCUT2D eigenvalue weighted by molar-refractivity contribution is 7.10. The molecule has 2 N–H and O–H groups in total. The van der Waals surface area contributed by atoms with E-state index < -0.39 is 0 Å². The Morgan fingerprint density at radius 3 is 2.64 bits per heavy atom. The van der Waals surface area contributed by atoms with Crippen molar-refractivity contribution in [3.8, 4) is 0 Å². The lowest BCUT2D eigenvalue weighted by atomic mass is 9.91. The summed E-state index contributed by atoms with van der Waals surface area (Å²) in [7, 11) is 3.82. The summed E-state index contributed by atoms with van der Waals surface area (Å²) in [4.78, 5) is 5.76. The van der Waals surface area contributed by atoms with Gasteiger partial charge in [-0.15, -0.1) is 11.3 Å². The predicted octanol–water partition coefficient (Wildman–Crippen LogP) is 3.17. The lowest BCUT2D eigenvalue weighted by Crippen LogP contribution is -2.46. The molecule has 1 atom stereocenters. The fourth-order valence-corrected chi connectivity index (χ4v) is 3.81. The first kappa shape index (κ1) is 19.5. The Bertz CT molecular complexity index is 713. The lowest BCUT2D eigenvalue weighted by Gasteiger charge is -2.26. The van der Waals surface area contributed by atoms with Crippen LogP contribution in [0.3, 0.4) is 0 Å². The van der Waals surface area contributed by atoms with Crippen LogP contribution < -0.4 is 10.6 Å². The van der Waals surface area contributed by atoms with Crippen molar-refractivity contribution in [3.05, 3.63) is 39.3 Å². The summed E-state index contributed by atoms with van der Waals surface area (Å²) in [6, 6.07) is 4.58. The van der Waals surface area contributed by atoms with Crippen molar-refractivity contribution in [1.29, 1.82) is 0 Å². The third-order valence-electron chi connectivity index (χ3n) is 4.66. The summed E-state index contributed by atoms with van der Waals surface area (Å²) in [5, 5.41) is 13.6. The maximum atomic E-state index is 4.50. The van der Waals surface area contributed by atoms with Gasteiger partial charge in [-0.2, -0.15) is 5.10 Å². The van der Waals surface area contributed by atoms with E-state index in [9.17, 15) is 0 Å². The van der Waals surface area contributed by atoms with Crippen LogP contribution in [-0.2, 0) is 18.9 Å². The second-order valence-electron chi connectivity index (χ2n) is 7.31. The summed E-state index contributed by atoms with van der Waals surface area (Å²) in [6.45, 7) is 11.7. The van der Waals surface area contributed by atoms with Gasteiger partial charge < -0.3 is 10.6 Å². The van der Waals surface area contributed by atoms with Crippen molar-refractivity contribution in [1.82, 2.24) is 20.4 Å². The molecule has 2 aromatic heterocycles. The monoisotopic (exact) mass is 361 g/mol. The summed E-state index contributed by atoms with van der Waals surface area (Å²) < 4.78 is 1.95. The van der Waals surface area contributed by atoms with Crippen LogP contribution in [0.2, 0.25) is 0 Å². The average Bonchev–Trinajstić information content (AvgIpc) is 3.17. The molecule has 0 aliphatic rings. The predicted molar refractivity (Wildman–Crippen MR) is 108 cm³/mol. The number of aliphatic imine (C=N–C) groups is 1. The maximum absolute atomic E-state index is 4.50. The number of aryl methyl sites for hydroxylation is 2. The third-order valence-corrected chi connectivity index (χ3v) is 5.90. The topological polar surface area (TPSA) is 54.2 Å². The Balaban J connectivity index is 1.93. The number of rotatable bonds is 6. The molecule has 5 nitrogen and oxygen atoms in total. The van der Waals surface area contributed by atoms with Gasteiger partial charge in [0.15, 0.2) is 5.96 Å². The SMILES string of the molecule is CN=C(NCC(C)(C)c1cccs1)NC(C)Cc1c(C)nn(C)c1C. The van der Waals surface area contributed by atoms with Gasteiger partial charge in [0.05, 0.1) is 5.69 Å². The molecule has 0 aliphatic carbocycles. The molecule has 2 heterocycles. The van der Waals surface area contributed by atoms with E-state index >= 15 is 0 Å². The summed E-state index contributed by atoms with van der Waals surface area (Å²) in [5.41, 5.74) is 3.73. The highest BCUT2D eigenvalue weighted by atomic mass is 32.1. The van der Waals surface area contributed by atoms with Gasteiger partial charge in [0.1, 0.15) is 0 Å². The van der Waals surface area contributed by atoms with Crippen LogP contribution in [0.1, 0.15) is 42.6 Å². The van der Waals surface area contributed by atoms with Crippen LogP contribution in [0.5, 0.6) is 0 Å². The maximum Gasteiger partial charge on any atom is 0.191 e. The van der Waals surface area contributed by atoms with Crippen LogP contribution in [0.4, 0.5) is 0 Å². The fourth-order valence-electron chi connectivity index (χ4n) is 2.95. The van der Waals surface area contributed by atoms with Crippen LogP contribution in [0.25, 0.3) is 0 Å². The second-order valence-corrected chi connectivity index (χ2v) is 8.26. The number of nitrogens with zero attached hydrogens (tertiary/aromatic N) is 3. The zero-order valence-electron chi connectivity index (χ0n) is 16.5. The average molecular weight is 362 g/mol. The van der Waals surface area contributed by atoms with E-state index in [0.717, 1.165) is 24.6 Å². The number of hydrogen-bond acceptors (Lipinski definition) is 3. The zero-order valence-corrected chi connectivity index (χ0v) is 17.3. The first-order valence-corrected chi connectivity index (χ1v) is 9.63. The largest absolute Gasteiger partial charge is 0.356 e. The van der Waals surface area contributed by atoms with E-state index in [1.54, 1.807) is 11.3 Å². The Kier molecular flexibility index (Phi) is 6.27. The minimum atomic E-state index is 0.0750. The molecule has 0 aromatic carbocycles. The number of guanidine groups is 1. The molecule has 0 aliphatic heterocycles. The van der Waals surface area contributed by atoms with Crippen molar-refractivity contribution in [3.63, 3.8) is 0 Å². The van der Waals surface area contributed by atoms with E-state index in [2.05, 4.69) is 72.9 Å². The molecule has 25 heavy (non-hydrogen) atoms. The number of nitrogens with one attached hydrogen (secondary N) is 2. The molecule has 0 saturated carbocycles. The van der Waals surface area contributed by atoms with Crippen molar-refractivity contribution in [2.75, 3.05) is 13.6 Å². The van der Waals surface area contributed by atoms with Gasteiger partial charge in [-0.05, 0) is 44.2 Å². The van der Waals surface area contributed by atoms with E-state index in [-0.39, 0.29) is 11.5 Å². The van der Waals surface area contributed by atoms with Crippen molar-refractivity contribution in [2.45, 2.75) is 52.5 Å². The second kappa shape index (κ2) is 8.04. The highest BCUT2D eigenvalue weighted by Crippen LogP contribution is 2.26. The Morgan fingerprint density at radius 2 is 2.12 bits per heavy atom. The van der Waals surface area contributed by atoms with E-state index in [1.165, 1.54) is 16.1 Å². The van der Waals surface area contributed by atoms with E-state index in [0.29, 0.717) is 0 Å². The molecule has 2 aromatic rings. The Morgan fingerprint density at radius 1 is 1.40 bits per heavy atom. The van der Waals surface area contributed by atoms with Crippen LogP contribution in [-0.4, -0.2) is 35.4 Å². The van der Waals surface area contributed by atoms with Gasteiger partial charge in [-0.1, -0.05) is 19.9 Å². The Hall–Kier alpha value is -1.82. The number of aromatic nitrogens is 2. The van der Waals surface area contributed by atoms with Gasteiger partial charge >= 0.3 is 0 Å². The van der Waals surface area contributed by atoms with E-state index in [4.69, 9.17) is 0 Å². The van der Waals surface area contributed by atoms with Crippen LogP contribution >= 0.6 is 11.3 Å². The molecule has 6 heteroatoms. The molecule has 0 spiro atoms. The quantitative estimate of drug-likeness (QED) is 0.614. The molecule has 138 valence electrons. The fraction of sp³-hybridized carbons (Fsp3) is 0.579. The molecule has 0 saturated heterocycles. The molecule has 1 unspecified atom stereocenters. The standard InChI is InChI=1S/C19H31N5S/c1-13(11-16-14(2)23-24(7)15(16)3)22-18(20-6)21-12-19(4,5)17-9-8-10-25-17/h8-10,13H,11-12H2,1-7H3,(H2,20,21,22). The first-order valence-electron chi connectivity index (χ1n) is 8.75. The van der Waals surface area contributed by atoms with Gasteiger partial charge in [-0.3, -0.25) is 9.67 Å². The molecule has 0 amide bonds. The smallest absolute Gasteiger partial charge is 0.191 e.